The summed E-state index contributed by atoms with van der Waals surface area (Å²) in [5.41, 5.74) is 2.80. The number of benzene rings is 4. The first kappa shape index (κ1) is 32.8. The predicted octanol–water partition coefficient (Wildman–Crippen LogP) is 6.40. The summed E-state index contributed by atoms with van der Waals surface area (Å²) in [4.78, 5) is 29.8. The number of nitrogens with zero attached hydrogens (tertiary/aromatic N) is 2. The number of aryl methyl sites for hydroxylation is 1. The number of rotatable bonds is 14. The van der Waals surface area contributed by atoms with Crippen LogP contribution in [0.4, 0.5) is 5.69 Å². The van der Waals surface area contributed by atoms with Crippen LogP contribution in [0, 0.1) is 6.92 Å². The highest BCUT2D eigenvalue weighted by Crippen LogP contribution is 2.26. The first-order chi connectivity index (χ1) is 21.2. The SMILES string of the molecule is CCCCNC(=O)C(Cc1ccccc1)N(Cc1cccc(Cl)c1)C(=O)CN(c1cccc(C)c1)S(=O)(=O)c1ccccc1. The molecule has 0 aliphatic heterocycles. The number of carbonyl (C=O) groups excluding carboxylic acids is 2. The van der Waals surface area contributed by atoms with Gasteiger partial charge >= 0.3 is 0 Å². The largest absolute Gasteiger partial charge is 0.354 e. The molecule has 0 heterocycles. The van der Waals surface area contributed by atoms with Gasteiger partial charge in [0, 0.05) is 24.5 Å². The predicted molar refractivity (Wildman–Crippen MR) is 176 cm³/mol. The van der Waals surface area contributed by atoms with Crippen molar-refractivity contribution in [1.29, 1.82) is 0 Å². The maximum absolute atomic E-state index is 14.5. The van der Waals surface area contributed by atoms with Gasteiger partial charge in [-0.1, -0.05) is 97.7 Å². The maximum atomic E-state index is 14.5. The zero-order valence-corrected chi connectivity index (χ0v) is 26.6. The van der Waals surface area contributed by atoms with Crippen LogP contribution in [0.15, 0.2) is 114 Å². The van der Waals surface area contributed by atoms with E-state index in [-0.39, 0.29) is 23.8 Å². The van der Waals surface area contributed by atoms with Crippen molar-refractivity contribution >= 4 is 39.1 Å². The Balaban J connectivity index is 1.78. The molecule has 0 saturated carbocycles. The van der Waals surface area contributed by atoms with Crippen LogP contribution in [0.25, 0.3) is 0 Å². The highest BCUT2D eigenvalue weighted by atomic mass is 35.5. The molecule has 0 bridgehead atoms. The number of anilines is 1. The fraction of sp³-hybridized carbons (Fsp3) is 0.257. The summed E-state index contributed by atoms with van der Waals surface area (Å²) in [5.74, 6) is -0.816. The average Bonchev–Trinajstić information content (AvgIpc) is 3.02. The van der Waals surface area contributed by atoms with E-state index in [4.69, 9.17) is 11.6 Å². The van der Waals surface area contributed by atoms with Gasteiger partial charge in [-0.25, -0.2) is 8.42 Å². The molecular formula is C35H38ClN3O4S. The Morgan fingerprint density at radius 2 is 1.50 bits per heavy atom. The van der Waals surface area contributed by atoms with E-state index >= 15 is 0 Å². The number of sulfonamides is 1. The summed E-state index contributed by atoms with van der Waals surface area (Å²) in [6.07, 6.45) is 1.95. The smallest absolute Gasteiger partial charge is 0.264 e. The minimum absolute atomic E-state index is 0.0606. The number of hydrogen-bond donors (Lipinski definition) is 1. The van der Waals surface area contributed by atoms with E-state index in [2.05, 4.69) is 5.32 Å². The van der Waals surface area contributed by atoms with Crippen molar-refractivity contribution in [3.05, 3.63) is 131 Å². The fourth-order valence-electron chi connectivity index (χ4n) is 4.92. The van der Waals surface area contributed by atoms with E-state index in [9.17, 15) is 18.0 Å². The van der Waals surface area contributed by atoms with E-state index in [0.29, 0.717) is 17.3 Å². The summed E-state index contributed by atoms with van der Waals surface area (Å²) < 4.78 is 29.2. The standard InChI is InChI=1S/C35H38ClN3O4S/c1-3-4-21-37-35(41)33(24-28-14-7-5-8-15-28)38(25-29-16-12-17-30(36)23-29)34(40)26-39(31-18-11-13-27(2)22-31)44(42,43)32-19-9-6-10-20-32/h5-20,22-23,33H,3-4,21,24-26H2,1-2H3,(H,37,41). The molecule has 2 amide bonds. The third-order valence-corrected chi connectivity index (χ3v) is 9.27. The molecule has 0 saturated heterocycles. The summed E-state index contributed by atoms with van der Waals surface area (Å²) in [5, 5.41) is 3.49. The topological polar surface area (TPSA) is 86.8 Å². The van der Waals surface area contributed by atoms with Gasteiger partial charge < -0.3 is 10.2 Å². The molecule has 0 spiro atoms. The maximum Gasteiger partial charge on any atom is 0.264 e. The highest BCUT2D eigenvalue weighted by Gasteiger charge is 2.34. The summed E-state index contributed by atoms with van der Waals surface area (Å²) in [6, 6.07) is 30.7. The van der Waals surface area contributed by atoms with Crippen LogP contribution in [0.3, 0.4) is 0 Å². The molecule has 0 fully saturated rings. The Labute approximate surface area is 265 Å². The molecule has 4 rings (SSSR count). The lowest BCUT2D eigenvalue weighted by atomic mass is 10.0. The van der Waals surface area contributed by atoms with Gasteiger partial charge in [0.15, 0.2) is 0 Å². The molecule has 9 heteroatoms. The van der Waals surface area contributed by atoms with Crippen molar-refractivity contribution < 1.29 is 18.0 Å². The summed E-state index contributed by atoms with van der Waals surface area (Å²) >= 11 is 6.30. The second-order valence-electron chi connectivity index (χ2n) is 10.7. The number of halogens is 1. The Kier molecular flexibility index (Phi) is 11.6. The summed E-state index contributed by atoms with van der Waals surface area (Å²) in [6.45, 7) is 3.92. The van der Waals surface area contributed by atoms with Crippen molar-refractivity contribution in [1.82, 2.24) is 10.2 Å². The van der Waals surface area contributed by atoms with Crippen molar-refractivity contribution in [3.8, 4) is 0 Å². The lowest BCUT2D eigenvalue weighted by Crippen LogP contribution is -2.53. The monoisotopic (exact) mass is 631 g/mol. The average molecular weight is 632 g/mol. The van der Waals surface area contributed by atoms with E-state index in [0.717, 1.165) is 33.8 Å². The second-order valence-corrected chi connectivity index (χ2v) is 13.0. The molecule has 4 aromatic carbocycles. The van der Waals surface area contributed by atoms with Crippen LogP contribution >= 0.6 is 11.6 Å². The van der Waals surface area contributed by atoms with E-state index in [1.807, 2.05) is 56.3 Å². The van der Waals surface area contributed by atoms with Crippen LogP contribution in [0.5, 0.6) is 0 Å². The molecule has 1 N–H and O–H groups in total. The Morgan fingerprint density at radius 1 is 0.841 bits per heavy atom. The van der Waals surface area contributed by atoms with Crippen LogP contribution in [0.1, 0.15) is 36.5 Å². The number of amides is 2. The van der Waals surface area contributed by atoms with Crippen molar-refractivity contribution in [2.24, 2.45) is 0 Å². The van der Waals surface area contributed by atoms with Crippen LogP contribution in [-0.4, -0.2) is 44.3 Å². The van der Waals surface area contributed by atoms with Gasteiger partial charge in [0.2, 0.25) is 11.8 Å². The quantitative estimate of drug-likeness (QED) is 0.163. The number of unbranched alkanes of at least 4 members (excludes halogenated alkanes) is 1. The minimum atomic E-state index is -4.14. The zero-order chi connectivity index (χ0) is 31.5. The molecule has 0 aliphatic rings. The van der Waals surface area contributed by atoms with Crippen LogP contribution in [-0.2, 0) is 32.6 Å². The van der Waals surface area contributed by atoms with Crippen molar-refractivity contribution in [3.63, 3.8) is 0 Å². The third-order valence-electron chi connectivity index (χ3n) is 7.24. The molecule has 1 unspecified atom stereocenters. The van der Waals surface area contributed by atoms with Gasteiger partial charge in [0.25, 0.3) is 10.0 Å². The van der Waals surface area contributed by atoms with Gasteiger partial charge in [-0.05, 0) is 66.4 Å². The molecule has 0 aromatic heterocycles. The van der Waals surface area contributed by atoms with Crippen LogP contribution < -0.4 is 9.62 Å². The number of nitrogens with one attached hydrogen (secondary N) is 1. The lowest BCUT2D eigenvalue weighted by molar-refractivity contribution is -0.140. The zero-order valence-electron chi connectivity index (χ0n) is 25.0. The Morgan fingerprint density at radius 3 is 2.16 bits per heavy atom. The first-order valence-corrected chi connectivity index (χ1v) is 16.5. The van der Waals surface area contributed by atoms with Gasteiger partial charge in [0.1, 0.15) is 12.6 Å². The Bertz CT molecular complexity index is 1650. The molecule has 0 aliphatic carbocycles. The van der Waals surface area contributed by atoms with Crippen LogP contribution in [0.2, 0.25) is 5.02 Å². The molecular weight excluding hydrogens is 594 g/mol. The second kappa shape index (κ2) is 15.5. The molecule has 4 aromatic rings. The third kappa shape index (κ3) is 8.71. The first-order valence-electron chi connectivity index (χ1n) is 14.7. The number of hydrogen-bond acceptors (Lipinski definition) is 4. The molecule has 230 valence electrons. The molecule has 7 nitrogen and oxygen atoms in total. The van der Waals surface area contributed by atoms with E-state index in [1.54, 1.807) is 54.6 Å². The van der Waals surface area contributed by atoms with Crippen molar-refractivity contribution in [2.45, 2.75) is 50.6 Å². The normalized spacial score (nSPS) is 11.9. The van der Waals surface area contributed by atoms with E-state index < -0.39 is 28.5 Å². The van der Waals surface area contributed by atoms with Gasteiger partial charge in [0.05, 0.1) is 10.6 Å². The molecule has 1 atom stereocenters. The molecule has 0 radical (unpaired) electrons. The van der Waals surface area contributed by atoms with E-state index in [1.165, 1.54) is 17.0 Å². The lowest BCUT2D eigenvalue weighted by Gasteiger charge is -2.34. The fourth-order valence-corrected chi connectivity index (χ4v) is 6.56. The number of carbonyl (C=O) groups is 2. The minimum Gasteiger partial charge on any atom is -0.354 e. The summed E-state index contributed by atoms with van der Waals surface area (Å²) in [7, 11) is -4.14. The highest BCUT2D eigenvalue weighted by molar-refractivity contribution is 7.92. The molecule has 44 heavy (non-hydrogen) atoms. The van der Waals surface area contributed by atoms with Crippen molar-refractivity contribution in [2.75, 3.05) is 17.4 Å². The Hall–Kier alpha value is -4.14. The van der Waals surface area contributed by atoms with Gasteiger partial charge in [-0.15, -0.1) is 0 Å². The van der Waals surface area contributed by atoms with Gasteiger partial charge in [-0.2, -0.15) is 0 Å². The van der Waals surface area contributed by atoms with Gasteiger partial charge in [-0.3, -0.25) is 13.9 Å².